The maximum Gasteiger partial charge on any atom is 0.148 e. The predicted octanol–water partition coefficient (Wildman–Crippen LogP) is 5.97. The first-order valence-corrected chi connectivity index (χ1v) is 11.5. The van der Waals surface area contributed by atoms with Crippen molar-refractivity contribution in [2.75, 3.05) is 5.73 Å². The molecule has 1 aliphatic rings. The molecule has 0 saturated heterocycles. The predicted molar refractivity (Wildman–Crippen MR) is 133 cm³/mol. The maximum absolute atomic E-state index is 9.77. The van der Waals surface area contributed by atoms with Crippen molar-refractivity contribution in [3.05, 3.63) is 114 Å². The summed E-state index contributed by atoms with van der Waals surface area (Å²) in [6.45, 7) is 1.14. The van der Waals surface area contributed by atoms with Gasteiger partial charge in [0.2, 0.25) is 0 Å². The zero-order valence-electron chi connectivity index (χ0n) is 18.9. The van der Waals surface area contributed by atoms with Gasteiger partial charge in [0.1, 0.15) is 24.1 Å². The summed E-state index contributed by atoms with van der Waals surface area (Å²) < 4.78 is 13.8. The number of hydrogen-bond donors (Lipinski definition) is 1. The lowest BCUT2D eigenvalue weighted by Gasteiger charge is -2.35. The average Bonchev–Trinajstić information content (AvgIpc) is 3.19. The van der Waals surface area contributed by atoms with Crippen molar-refractivity contribution in [2.24, 2.45) is 0 Å². The largest absolute Gasteiger partial charge is 0.489 e. The van der Waals surface area contributed by atoms with E-state index < -0.39 is 0 Å². The summed E-state index contributed by atoms with van der Waals surface area (Å²) in [5.41, 5.74) is 11.7. The summed E-state index contributed by atoms with van der Waals surface area (Å²) in [6, 6.07) is 30.3. The number of aromatic nitrogens is 1. The van der Waals surface area contributed by atoms with Gasteiger partial charge in [-0.05, 0) is 59.7 Å². The van der Waals surface area contributed by atoms with Crippen molar-refractivity contribution in [1.82, 2.24) is 4.57 Å². The van der Waals surface area contributed by atoms with Gasteiger partial charge in [0.05, 0.1) is 18.4 Å². The molecule has 5 rings (SSSR count). The SMILES string of the molecule is N#Cc1c(N)c(C2CC(OCc3ccccc3)C2)cn1-c1ccc(OCc2ccccc2)cc1. The fourth-order valence-corrected chi connectivity index (χ4v) is 4.37. The minimum Gasteiger partial charge on any atom is -0.489 e. The molecule has 1 aliphatic carbocycles. The Morgan fingerprint density at radius 3 is 2.09 bits per heavy atom. The van der Waals surface area contributed by atoms with E-state index in [2.05, 4.69) is 18.2 Å². The maximum atomic E-state index is 9.77. The van der Waals surface area contributed by atoms with Crippen molar-refractivity contribution >= 4 is 5.69 Å². The topological polar surface area (TPSA) is 73.2 Å². The second kappa shape index (κ2) is 9.86. The number of rotatable bonds is 8. The van der Waals surface area contributed by atoms with Gasteiger partial charge in [-0.25, -0.2) is 0 Å². The second-order valence-corrected chi connectivity index (χ2v) is 8.68. The van der Waals surface area contributed by atoms with Crippen LogP contribution in [0.1, 0.15) is 41.1 Å². The fraction of sp³-hybridized carbons (Fsp3) is 0.207. The van der Waals surface area contributed by atoms with E-state index in [9.17, 15) is 5.26 Å². The summed E-state index contributed by atoms with van der Waals surface area (Å²) in [7, 11) is 0. The highest BCUT2D eigenvalue weighted by Crippen LogP contribution is 2.43. The third-order valence-electron chi connectivity index (χ3n) is 6.41. The number of hydrogen-bond acceptors (Lipinski definition) is 4. The van der Waals surface area contributed by atoms with Crippen LogP contribution in [0.15, 0.2) is 91.1 Å². The Hall–Kier alpha value is -4.01. The highest BCUT2D eigenvalue weighted by molar-refractivity contribution is 5.62. The number of nitrogen functional groups attached to an aromatic ring is 1. The molecule has 0 amide bonds. The molecule has 5 nitrogen and oxygen atoms in total. The Bertz CT molecular complexity index is 1270. The normalized spacial score (nSPS) is 17.0. The van der Waals surface area contributed by atoms with Crippen molar-refractivity contribution < 1.29 is 9.47 Å². The van der Waals surface area contributed by atoms with Gasteiger partial charge in [-0.2, -0.15) is 5.26 Å². The van der Waals surface area contributed by atoms with Crippen LogP contribution >= 0.6 is 0 Å². The molecule has 0 atom stereocenters. The molecular weight excluding hydrogens is 422 g/mol. The van der Waals surface area contributed by atoms with E-state index in [-0.39, 0.29) is 6.10 Å². The molecule has 3 aromatic carbocycles. The summed E-state index contributed by atoms with van der Waals surface area (Å²) in [6.07, 6.45) is 4.06. The van der Waals surface area contributed by atoms with Crippen LogP contribution in [0.3, 0.4) is 0 Å². The van der Waals surface area contributed by atoms with E-state index in [1.807, 2.05) is 83.6 Å². The van der Waals surface area contributed by atoms with Crippen LogP contribution in [0.4, 0.5) is 5.69 Å². The quantitative estimate of drug-likeness (QED) is 0.359. The van der Waals surface area contributed by atoms with Crippen molar-refractivity contribution in [3.63, 3.8) is 0 Å². The van der Waals surface area contributed by atoms with Crippen LogP contribution in [0.2, 0.25) is 0 Å². The Morgan fingerprint density at radius 1 is 0.853 bits per heavy atom. The first-order valence-electron chi connectivity index (χ1n) is 11.5. The molecule has 5 heteroatoms. The number of anilines is 1. The van der Waals surface area contributed by atoms with Gasteiger partial charge in [-0.1, -0.05) is 60.7 Å². The molecule has 0 bridgehead atoms. The first-order chi connectivity index (χ1) is 16.7. The van der Waals surface area contributed by atoms with E-state index in [4.69, 9.17) is 15.2 Å². The second-order valence-electron chi connectivity index (χ2n) is 8.68. The van der Waals surface area contributed by atoms with E-state index in [1.54, 1.807) is 0 Å². The molecule has 1 heterocycles. The average molecular weight is 450 g/mol. The van der Waals surface area contributed by atoms with Gasteiger partial charge >= 0.3 is 0 Å². The van der Waals surface area contributed by atoms with Crippen LogP contribution in [0.5, 0.6) is 5.75 Å². The van der Waals surface area contributed by atoms with Gasteiger partial charge in [-0.15, -0.1) is 0 Å². The molecule has 4 aromatic rings. The van der Waals surface area contributed by atoms with E-state index >= 15 is 0 Å². The van der Waals surface area contributed by atoms with E-state index in [0.717, 1.165) is 35.4 Å². The smallest absolute Gasteiger partial charge is 0.148 e. The zero-order valence-corrected chi connectivity index (χ0v) is 18.9. The Kier molecular flexibility index (Phi) is 6.33. The van der Waals surface area contributed by atoms with Crippen LogP contribution in [-0.2, 0) is 18.0 Å². The molecule has 0 spiro atoms. The van der Waals surface area contributed by atoms with Crippen molar-refractivity contribution in [3.8, 4) is 17.5 Å². The van der Waals surface area contributed by atoms with Crippen LogP contribution in [0, 0.1) is 11.3 Å². The molecular formula is C29H27N3O2. The zero-order chi connectivity index (χ0) is 23.3. The molecule has 170 valence electrons. The summed E-state index contributed by atoms with van der Waals surface area (Å²) in [5.74, 6) is 1.09. The van der Waals surface area contributed by atoms with Crippen molar-refractivity contribution in [1.29, 1.82) is 5.26 Å². The van der Waals surface area contributed by atoms with Crippen LogP contribution in [0.25, 0.3) is 5.69 Å². The number of nitrogens with two attached hydrogens (primary N) is 1. The summed E-state index contributed by atoms with van der Waals surface area (Å²) in [5, 5.41) is 9.77. The lowest BCUT2D eigenvalue weighted by molar-refractivity contribution is -0.0205. The highest BCUT2D eigenvalue weighted by Gasteiger charge is 2.34. The molecule has 1 saturated carbocycles. The Morgan fingerprint density at radius 2 is 1.47 bits per heavy atom. The third kappa shape index (κ3) is 4.68. The monoisotopic (exact) mass is 449 g/mol. The van der Waals surface area contributed by atoms with Crippen LogP contribution in [-0.4, -0.2) is 10.7 Å². The summed E-state index contributed by atoms with van der Waals surface area (Å²) >= 11 is 0. The molecule has 0 unspecified atom stereocenters. The van der Waals surface area contributed by atoms with Gasteiger partial charge < -0.3 is 19.8 Å². The van der Waals surface area contributed by atoms with Crippen molar-refractivity contribution in [2.45, 2.75) is 38.1 Å². The standard InChI is InChI=1S/C29H27N3O2/c30-17-28-29(31)27(23-15-26(16-23)34-20-22-9-5-2-6-10-22)18-32(28)24-11-13-25(14-12-24)33-19-21-7-3-1-4-8-21/h1-14,18,23,26H,15-16,19-20,31H2. The summed E-state index contributed by atoms with van der Waals surface area (Å²) in [4.78, 5) is 0. The van der Waals surface area contributed by atoms with E-state index in [0.29, 0.717) is 30.5 Å². The highest BCUT2D eigenvalue weighted by atomic mass is 16.5. The van der Waals surface area contributed by atoms with Gasteiger partial charge in [0.25, 0.3) is 0 Å². The lowest BCUT2D eigenvalue weighted by atomic mass is 9.78. The lowest BCUT2D eigenvalue weighted by Crippen LogP contribution is -2.29. The Labute approximate surface area is 200 Å². The number of nitrogens with zero attached hydrogens (tertiary/aromatic N) is 2. The molecule has 1 aromatic heterocycles. The minimum absolute atomic E-state index is 0.222. The van der Waals surface area contributed by atoms with Gasteiger partial charge in [0, 0.05) is 11.9 Å². The van der Waals surface area contributed by atoms with E-state index in [1.165, 1.54) is 5.56 Å². The minimum atomic E-state index is 0.222. The fourth-order valence-electron chi connectivity index (χ4n) is 4.37. The number of benzene rings is 3. The first kappa shape index (κ1) is 21.8. The van der Waals surface area contributed by atoms with Gasteiger partial charge in [-0.3, -0.25) is 0 Å². The van der Waals surface area contributed by atoms with Gasteiger partial charge in [0.15, 0.2) is 0 Å². The molecule has 2 N–H and O–H groups in total. The molecule has 0 aliphatic heterocycles. The molecule has 1 fully saturated rings. The molecule has 0 radical (unpaired) electrons. The molecule has 34 heavy (non-hydrogen) atoms. The number of ether oxygens (including phenoxy) is 2. The number of nitriles is 1. The van der Waals surface area contributed by atoms with Crippen LogP contribution < -0.4 is 10.5 Å². The third-order valence-corrected chi connectivity index (χ3v) is 6.41. The Balaban J connectivity index is 1.23.